The molecule has 1 aliphatic rings. The second kappa shape index (κ2) is 10.1. The molecular weight excluding hydrogens is 404 g/mol. The van der Waals surface area contributed by atoms with Gasteiger partial charge in [-0.15, -0.1) is 0 Å². The summed E-state index contributed by atoms with van der Waals surface area (Å²) in [4.78, 5) is 26.0. The van der Waals surface area contributed by atoms with Crippen molar-refractivity contribution in [1.29, 1.82) is 0 Å². The highest BCUT2D eigenvalue weighted by molar-refractivity contribution is 5.97. The van der Waals surface area contributed by atoms with Crippen molar-refractivity contribution in [3.63, 3.8) is 0 Å². The van der Waals surface area contributed by atoms with Crippen molar-refractivity contribution < 1.29 is 14.3 Å². The Morgan fingerprint density at radius 2 is 1.62 bits per heavy atom. The molecule has 32 heavy (non-hydrogen) atoms. The first kappa shape index (κ1) is 21.6. The Balaban J connectivity index is 1.42. The first-order valence-corrected chi connectivity index (χ1v) is 11.0. The molecule has 4 rings (SSSR count). The average Bonchev–Trinajstić information content (AvgIpc) is 2.85. The summed E-state index contributed by atoms with van der Waals surface area (Å²) in [5.41, 5.74) is 2.49. The zero-order valence-electron chi connectivity index (χ0n) is 18.5. The van der Waals surface area contributed by atoms with Gasteiger partial charge < -0.3 is 19.3 Å². The Morgan fingerprint density at radius 3 is 2.34 bits per heavy atom. The quantitative estimate of drug-likeness (QED) is 0.564. The number of benzene rings is 2. The Bertz CT molecular complexity index is 1050. The maximum Gasteiger partial charge on any atom is 0.257 e. The maximum absolute atomic E-state index is 13.0. The predicted molar refractivity (Wildman–Crippen MR) is 124 cm³/mol. The Kier molecular flexibility index (Phi) is 6.84. The number of anilines is 1. The van der Waals surface area contributed by atoms with Crippen LogP contribution in [0.2, 0.25) is 0 Å². The molecule has 1 amide bonds. The number of hydrogen-bond acceptors (Lipinski definition) is 6. The Labute approximate surface area is 188 Å². The van der Waals surface area contributed by atoms with E-state index in [0.717, 1.165) is 22.8 Å². The largest absolute Gasteiger partial charge is 0.494 e. The lowest BCUT2D eigenvalue weighted by molar-refractivity contribution is 0.0742. The molecule has 1 saturated heterocycles. The van der Waals surface area contributed by atoms with E-state index < -0.39 is 0 Å². The molecule has 1 fully saturated rings. The predicted octanol–water partition coefficient (Wildman–Crippen LogP) is 3.90. The van der Waals surface area contributed by atoms with Gasteiger partial charge in [-0.2, -0.15) is 0 Å². The van der Waals surface area contributed by atoms with E-state index in [1.807, 2.05) is 73.3 Å². The van der Waals surface area contributed by atoms with E-state index in [1.165, 1.54) is 0 Å². The topological polar surface area (TPSA) is 67.8 Å². The van der Waals surface area contributed by atoms with Crippen molar-refractivity contribution in [3.05, 3.63) is 66.5 Å². The normalized spacial score (nSPS) is 13.7. The van der Waals surface area contributed by atoms with Gasteiger partial charge in [-0.05, 0) is 50.2 Å². The van der Waals surface area contributed by atoms with Crippen molar-refractivity contribution in [1.82, 2.24) is 14.9 Å². The summed E-state index contributed by atoms with van der Waals surface area (Å²) in [5, 5.41) is 0. The molecule has 1 aliphatic heterocycles. The number of carbonyl (C=O) groups is 1. The molecule has 0 aliphatic carbocycles. The fraction of sp³-hybridized carbons (Fsp3) is 0.320. The highest BCUT2D eigenvalue weighted by Crippen LogP contribution is 2.25. The lowest BCUT2D eigenvalue weighted by Gasteiger charge is -2.35. The molecule has 0 unspecified atom stereocenters. The van der Waals surface area contributed by atoms with Crippen molar-refractivity contribution in [2.24, 2.45) is 0 Å². The lowest BCUT2D eigenvalue weighted by Crippen LogP contribution is -2.49. The number of piperazine rings is 1. The van der Waals surface area contributed by atoms with Crippen molar-refractivity contribution >= 4 is 11.7 Å². The lowest BCUT2D eigenvalue weighted by atomic mass is 10.1. The Morgan fingerprint density at radius 1 is 0.906 bits per heavy atom. The number of amides is 1. The molecule has 0 bridgehead atoms. The molecule has 2 aromatic carbocycles. The van der Waals surface area contributed by atoms with Gasteiger partial charge in [0.05, 0.1) is 24.5 Å². The molecule has 166 valence electrons. The van der Waals surface area contributed by atoms with Crippen LogP contribution < -0.4 is 14.4 Å². The fourth-order valence-corrected chi connectivity index (χ4v) is 3.80. The van der Waals surface area contributed by atoms with Gasteiger partial charge in [0.25, 0.3) is 5.91 Å². The number of carbonyl (C=O) groups excluding carboxylic acids is 1. The van der Waals surface area contributed by atoms with Gasteiger partial charge in [-0.3, -0.25) is 4.79 Å². The van der Waals surface area contributed by atoms with Gasteiger partial charge in [0, 0.05) is 37.8 Å². The molecule has 0 radical (unpaired) electrons. The summed E-state index contributed by atoms with van der Waals surface area (Å²) < 4.78 is 11.1. The summed E-state index contributed by atoms with van der Waals surface area (Å²) in [6, 6.07) is 17.3. The zero-order chi connectivity index (χ0) is 22.3. The van der Waals surface area contributed by atoms with Gasteiger partial charge in [0.15, 0.2) is 0 Å². The van der Waals surface area contributed by atoms with Crippen molar-refractivity contribution in [3.8, 4) is 22.8 Å². The second-order valence-electron chi connectivity index (χ2n) is 7.43. The standard InChI is InChI=1S/C25H28N4O3/c1-3-31-20-11-9-19(10-12-20)22-17-24(27-18-26-22)28-13-15-29(16-14-28)25(30)21-7-5-6-8-23(21)32-4-2/h5-12,17-18H,3-4,13-16H2,1-2H3. The number of aromatic nitrogens is 2. The zero-order valence-corrected chi connectivity index (χ0v) is 18.5. The SMILES string of the molecule is CCOc1ccc(-c2cc(N3CCN(C(=O)c4ccccc4OCC)CC3)ncn2)cc1. The van der Waals surface area contributed by atoms with E-state index in [0.29, 0.717) is 50.7 Å². The third-order valence-electron chi connectivity index (χ3n) is 5.42. The van der Waals surface area contributed by atoms with E-state index in [4.69, 9.17) is 9.47 Å². The first-order valence-electron chi connectivity index (χ1n) is 11.0. The molecule has 1 aromatic heterocycles. The van der Waals surface area contributed by atoms with Crippen molar-refractivity contribution in [2.45, 2.75) is 13.8 Å². The van der Waals surface area contributed by atoms with Crippen LogP contribution in [0.15, 0.2) is 60.9 Å². The van der Waals surface area contributed by atoms with Crippen LogP contribution >= 0.6 is 0 Å². The molecule has 2 heterocycles. The summed E-state index contributed by atoms with van der Waals surface area (Å²) in [7, 11) is 0. The number of nitrogens with zero attached hydrogens (tertiary/aromatic N) is 4. The molecule has 0 atom stereocenters. The van der Waals surface area contributed by atoms with Crippen LogP contribution in [0, 0.1) is 0 Å². The van der Waals surface area contributed by atoms with Gasteiger partial charge in [-0.1, -0.05) is 12.1 Å². The highest BCUT2D eigenvalue weighted by atomic mass is 16.5. The first-order chi connectivity index (χ1) is 15.7. The second-order valence-corrected chi connectivity index (χ2v) is 7.43. The summed E-state index contributed by atoms with van der Waals surface area (Å²) in [6.07, 6.45) is 1.59. The van der Waals surface area contributed by atoms with Crippen LogP contribution in [0.4, 0.5) is 5.82 Å². The van der Waals surface area contributed by atoms with Gasteiger partial charge in [-0.25, -0.2) is 9.97 Å². The molecule has 7 nitrogen and oxygen atoms in total. The van der Waals surface area contributed by atoms with Crippen LogP contribution in [-0.4, -0.2) is 60.2 Å². The molecule has 7 heteroatoms. The van der Waals surface area contributed by atoms with Crippen molar-refractivity contribution in [2.75, 3.05) is 44.3 Å². The van der Waals surface area contributed by atoms with Gasteiger partial charge in [0.2, 0.25) is 0 Å². The number of para-hydroxylation sites is 1. The summed E-state index contributed by atoms with van der Waals surface area (Å²) in [5.74, 6) is 2.35. The van der Waals surface area contributed by atoms with E-state index in [9.17, 15) is 4.79 Å². The monoisotopic (exact) mass is 432 g/mol. The molecule has 0 saturated carbocycles. The fourth-order valence-electron chi connectivity index (χ4n) is 3.80. The summed E-state index contributed by atoms with van der Waals surface area (Å²) in [6.45, 7) is 7.73. The molecule has 3 aromatic rings. The van der Waals surface area contributed by atoms with Gasteiger partial charge >= 0.3 is 0 Å². The Hall–Kier alpha value is -3.61. The molecule has 0 spiro atoms. The van der Waals surface area contributed by atoms with E-state index in [1.54, 1.807) is 6.33 Å². The number of hydrogen-bond donors (Lipinski definition) is 0. The minimum absolute atomic E-state index is 0.00599. The third kappa shape index (κ3) is 4.82. The maximum atomic E-state index is 13.0. The highest BCUT2D eigenvalue weighted by Gasteiger charge is 2.25. The van der Waals surface area contributed by atoms with Crippen LogP contribution in [-0.2, 0) is 0 Å². The van der Waals surface area contributed by atoms with E-state index in [-0.39, 0.29) is 5.91 Å². The average molecular weight is 433 g/mol. The van der Waals surface area contributed by atoms with Crippen LogP contribution in [0.1, 0.15) is 24.2 Å². The minimum Gasteiger partial charge on any atom is -0.494 e. The third-order valence-corrected chi connectivity index (χ3v) is 5.42. The van der Waals surface area contributed by atoms with E-state index in [2.05, 4.69) is 14.9 Å². The van der Waals surface area contributed by atoms with Gasteiger partial charge in [0.1, 0.15) is 23.6 Å². The smallest absolute Gasteiger partial charge is 0.257 e. The number of rotatable bonds is 7. The molecular formula is C25H28N4O3. The van der Waals surface area contributed by atoms with Crippen LogP contribution in [0.3, 0.4) is 0 Å². The number of ether oxygens (including phenoxy) is 2. The minimum atomic E-state index is 0.00599. The molecule has 0 N–H and O–H groups in total. The van der Waals surface area contributed by atoms with Crippen LogP contribution in [0.25, 0.3) is 11.3 Å². The van der Waals surface area contributed by atoms with E-state index >= 15 is 0 Å². The summed E-state index contributed by atoms with van der Waals surface area (Å²) >= 11 is 0. The van der Waals surface area contributed by atoms with Crippen LogP contribution in [0.5, 0.6) is 11.5 Å².